The Balaban J connectivity index is 2.45. The van der Waals surface area contributed by atoms with Crippen LogP contribution >= 0.6 is 0 Å². The second-order valence-corrected chi connectivity index (χ2v) is 5.84. The van der Waals surface area contributed by atoms with Gasteiger partial charge in [0.2, 0.25) is 10.0 Å². The Morgan fingerprint density at radius 2 is 2.20 bits per heavy atom. The van der Waals surface area contributed by atoms with E-state index in [2.05, 4.69) is 4.72 Å². The van der Waals surface area contributed by atoms with Crippen molar-refractivity contribution in [3.8, 4) is 0 Å². The number of nitrogens with one attached hydrogen (secondary N) is 1. The molecule has 2 atom stereocenters. The molecule has 1 saturated carbocycles. The lowest BCUT2D eigenvalue weighted by atomic mass is 10.1. The van der Waals surface area contributed by atoms with E-state index in [1.54, 1.807) is 0 Å². The zero-order valence-electron chi connectivity index (χ0n) is 9.11. The van der Waals surface area contributed by atoms with Crippen molar-refractivity contribution in [1.29, 1.82) is 0 Å². The Morgan fingerprint density at radius 1 is 1.47 bits per heavy atom. The van der Waals surface area contributed by atoms with E-state index in [9.17, 15) is 8.42 Å². The summed E-state index contributed by atoms with van der Waals surface area (Å²) in [7, 11) is -1.71. The Kier molecular flexibility index (Phi) is 4.98. The maximum Gasteiger partial charge on any atom is 0.214 e. The van der Waals surface area contributed by atoms with Crippen molar-refractivity contribution in [2.45, 2.75) is 25.3 Å². The van der Waals surface area contributed by atoms with Crippen molar-refractivity contribution in [3.05, 3.63) is 0 Å². The molecule has 0 bridgehead atoms. The minimum atomic E-state index is -3.20. The molecule has 2 unspecified atom stereocenters. The van der Waals surface area contributed by atoms with Crippen molar-refractivity contribution >= 4 is 10.0 Å². The van der Waals surface area contributed by atoms with E-state index >= 15 is 0 Å². The second kappa shape index (κ2) is 5.79. The average Bonchev–Trinajstić information content (AvgIpc) is 2.61. The van der Waals surface area contributed by atoms with Gasteiger partial charge in [0.25, 0.3) is 0 Å². The highest BCUT2D eigenvalue weighted by Crippen LogP contribution is 2.25. The van der Waals surface area contributed by atoms with Crippen LogP contribution in [0.2, 0.25) is 0 Å². The molecule has 0 aromatic carbocycles. The molecule has 90 valence electrons. The fourth-order valence-corrected chi connectivity index (χ4v) is 3.23. The monoisotopic (exact) mass is 236 g/mol. The quantitative estimate of drug-likeness (QED) is 0.662. The lowest BCUT2D eigenvalue weighted by Crippen LogP contribution is -2.41. The van der Waals surface area contributed by atoms with E-state index in [-0.39, 0.29) is 18.4 Å². The van der Waals surface area contributed by atoms with Gasteiger partial charge in [-0.25, -0.2) is 13.1 Å². The molecule has 1 aliphatic carbocycles. The molecule has 3 N–H and O–H groups in total. The van der Waals surface area contributed by atoms with Crippen LogP contribution in [0.1, 0.15) is 19.3 Å². The summed E-state index contributed by atoms with van der Waals surface area (Å²) in [6.07, 6.45) is 2.97. The number of rotatable bonds is 6. The van der Waals surface area contributed by atoms with Gasteiger partial charge in [-0.2, -0.15) is 0 Å². The summed E-state index contributed by atoms with van der Waals surface area (Å²) in [5.74, 6) is 0.319. The molecule has 1 rings (SSSR count). The summed E-state index contributed by atoms with van der Waals surface area (Å²) >= 11 is 0. The van der Waals surface area contributed by atoms with E-state index in [4.69, 9.17) is 10.5 Å². The van der Waals surface area contributed by atoms with Gasteiger partial charge in [0.1, 0.15) is 0 Å². The van der Waals surface area contributed by atoms with Crippen LogP contribution in [-0.2, 0) is 14.8 Å². The first-order chi connectivity index (χ1) is 7.09. The highest BCUT2D eigenvalue weighted by molar-refractivity contribution is 7.89. The van der Waals surface area contributed by atoms with E-state index in [0.717, 1.165) is 19.3 Å². The number of nitrogens with two attached hydrogens (primary N) is 1. The van der Waals surface area contributed by atoms with E-state index in [1.807, 2.05) is 0 Å². The van der Waals surface area contributed by atoms with Crippen LogP contribution in [-0.4, -0.2) is 40.5 Å². The largest absolute Gasteiger partial charge is 0.384 e. The highest BCUT2D eigenvalue weighted by atomic mass is 32.2. The van der Waals surface area contributed by atoms with Gasteiger partial charge < -0.3 is 10.5 Å². The Hall–Kier alpha value is -0.170. The van der Waals surface area contributed by atoms with Crippen molar-refractivity contribution in [2.24, 2.45) is 11.7 Å². The topological polar surface area (TPSA) is 81.4 Å². The van der Waals surface area contributed by atoms with Crippen LogP contribution in [0.5, 0.6) is 0 Å². The van der Waals surface area contributed by atoms with E-state index in [0.29, 0.717) is 12.5 Å². The van der Waals surface area contributed by atoms with Gasteiger partial charge >= 0.3 is 0 Å². The molecule has 0 aliphatic heterocycles. The molecule has 0 spiro atoms. The maximum absolute atomic E-state index is 11.6. The third kappa shape index (κ3) is 4.06. The van der Waals surface area contributed by atoms with Crippen molar-refractivity contribution in [2.75, 3.05) is 26.0 Å². The van der Waals surface area contributed by atoms with E-state index < -0.39 is 10.0 Å². The SMILES string of the molecule is COCCS(=O)(=O)NC1CCCC1CN. The average molecular weight is 236 g/mol. The molecule has 0 saturated heterocycles. The van der Waals surface area contributed by atoms with Gasteiger partial charge in [-0.3, -0.25) is 0 Å². The minimum Gasteiger partial charge on any atom is -0.384 e. The minimum absolute atomic E-state index is 0.0249. The molecule has 1 fully saturated rings. The molecule has 0 aromatic heterocycles. The van der Waals surface area contributed by atoms with Crippen molar-refractivity contribution in [3.63, 3.8) is 0 Å². The van der Waals surface area contributed by atoms with Gasteiger partial charge in [0.15, 0.2) is 0 Å². The fourth-order valence-electron chi connectivity index (χ4n) is 1.96. The van der Waals surface area contributed by atoms with Crippen LogP contribution in [0.3, 0.4) is 0 Å². The molecular formula is C9H20N2O3S. The summed E-state index contributed by atoms with van der Waals surface area (Å²) in [4.78, 5) is 0. The normalized spacial score (nSPS) is 27.1. The number of ether oxygens (including phenoxy) is 1. The third-order valence-corrected chi connectivity index (χ3v) is 4.21. The first-order valence-electron chi connectivity index (χ1n) is 5.28. The molecule has 0 heterocycles. The highest BCUT2D eigenvalue weighted by Gasteiger charge is 2.29. The zero-order valence-corrected chi connectivity index (χ0v) is 9.92. The lowest BCUT2D eigenvalue weighted by Gasteiger charge is -2.19. The van der Waals surface area contributed by atoms with Crippen LogP contribution in [0, 0.1) is 5.92 Å². The predicted molar refractivity (Wildman–Crippen MR) is 59.0 cm³/mol. The molecule has 0 aromatic rings. The van der Waals surface area contributed by atoms with Crippen molar-refractivity contribution in [1.82, 2.24) is 4.72 Å². The number of hydrogen-bond donors (Lipinski definition) is 2. The lowest BCUT2D eigenvalue weighted by molar-refractivity contribution is 0.216. The summed E-state index contributed by atoms with van der Waals surface area (Å²) in [6.45, 7) is 0.785. The Labute approximate surface area is 91.4 Å². The Morgan fingerprint density at radius 3 is 2.80 bits per heavy atom. The Bertz CT molecular complexity index is 279. The first-order valence-corrected chi connectivity index (χ1v) is 6.93. The smallest absolute Gasteiger partial charge is 0.214 e. The molecule has 0 amide bonds. The summed E-state index contributed by atoms with van der Waals surface area (Å²) in [5.41, 5.74) is 5.58. The predicted octanol–water partition coefficient (Wildman–Crippen LogP) is -0.320. The first kappa shape index (κ1) is 12.9. The molecule has 6 heteroatoms. The molecule has 5 nitrogen and oxygen atoms in total. The summed E-state index contributed by atoms with van der Waals surface area (Å²) < 4.78 is 30.6. The van der Waals surface area contributed by atoms with Crippen LogP contribution < -0.4 is 10.5 Å². The molecule has 0 radical (unpaired) electrons. The molecule has 15 heavy (non-hydrogen) atoms. The maximum atomic E-state index is 11.6. The van der Waals surface area contributed by atoms with Crippen LogP contribution in [0.15, 0.2) is 0 Å². The zero-order chi connectivity index (χ0) is 11.3. The number of sulfonamides is 1. The van der Waals surface area contributed by atoms with Gasteiger partial charge in [-0.1, -0.05) is 6.42 Å². The van der Waals surface area contributed by atoms with Gasteiger partial charge in [0, 0.05) is 13.2 Å². The van der Waals surface area contributed by atoms with Gasteiger partial charge in [-0.15, -0.1) is 0 Å². The van der Waals surface area contributed by atoms with Crippen molar-refractivity contribution < 1.29 is 13.2 Å². The second-order valence-electron chi connectivity index (χ2n) is 3.96. The summed E-state index contributed by atoms with van der Waals surface area (Å²) in [6, 6.07) is 0.0249. The van der Waals surface area contributed by atoms with Gasteiger partial charge in [0.05, 0.1) is 12.4 Å². The number of methoxy groups -OCH3 is 1. The molecule has 1 aliphatic rings. The van der Waals surface area contributed by atoms with E-state index in [1.165, 1.54) is 7.11 Å². The fraction of sp³-hybridized carbons (Fsp3) is 1.00. The van der Waals surface area contributed by atoms with Crippen LogP contribution in [0.25, 0.3) is 0 Å². The van der Waals surface area contributed by atoms with Crippen LogP contribution in [0.4, 0.5) is 0 Å². The third-order valence-electron chi connectivity index (χ3n) is 2.85. The molecular weight excluding hydrogens is 216 g/mol. The summed E-state index contributed by atoms with van der Waals surface area (Å²) in [5, 5.41) is 0. The van der Waals surface area contributed by atoms with Gasteiger partial charge in [-0.05, 0) is 25.3 Å². The standard InChI is InChI=1S/C9H20N2O3S/c1-14-5-6-15(12,13)11-9-4-2-3-8(9)7-10/h8-9,11H,2-7,10H2,1H3. The number of hydrogen-bond acceptors (Lipinski definition) is 4.